The average molecular weight is 323 g/mol. The molecule has 2 aromatic rings. The third-order valence-electron chi connectivity index (χ3n) is 4.23. The number of hydrogen-bond acceptors (Lipinski definition) is 4. The smallest absolute Gasteiger partial charge is 0.268 e. The second-order valence-corrected chi connectivity index (χ2v) is 5.61. The molecule has 1 aliphatic rings. The minimum absolute atomic E-state index is 0.197. The summed E-state index contributed by atoms with van der Waals surface area (Å²) >= 11 is 0. The largest absolute Gasteiger partial charge is 0.497 e. The fourth-order valence-electron chi connectivity index (χ4n) is 2.91. The molecule has 1 heterocycles. The Labute approximate surface area is 139 Å². The molecular weight excluding hydrogens is 306 g/mol. The van der Waals surface area contributed by atoms with Gasteiger partial charge in [-0.15, -0.1) is 0 Å². The minimum Gasteiger partial charge on any atom is -0.497 e. The summed E-state index contributed by atoms with van der Waals surface area (Å²) in [5, 5.41) is 11.0. The van der Waals surface area contributed by atoms with Crippen molar-refractivity contribution >= 4 is 17.9 Å². The highest BCUT2D eigenvalue weighted by molar-refractivity contribution is 6.12. The molecule has 0 saturated carbocycles. The summed E-state index contributed by atoms with van der Waals surface area (Å²) in [6, 6.07) is 14.4. The van der Waals surface area contributed by atoms with Gasteiger partial charge in [-0.05, 0) is 23.8 Å². The Morgan fingerprint density at radius 1 is 1.29 bits per heavy atom. The lowest BCUT2D eigenvalue weighted by molar-refractivity contribution is -0.134. The van der Waals surface area contributed by atoms with Crippen molar-refractivity contribution in [2.75, 3.05) is 12.0 Å². The maximum absolute atomic E-state index is 12.9. The fourth-order valence-corrected chi connectivity index (χ4v) is 2.91. The number of hydrogen-bond donors (Lipinski definition) is 1. The first-order valence-corrected chi connectivity index (χ1v) is 7.43. The van der Waals surface area contributed by atoms with E-state index in [-0.39, 0.29) is 12.1 Å². The first-order chi connectivity index (χ1) is 11.5. The molecule has 24 heavy (non-hydrogen) atoms. The van der Waals surface area contributed by atoms with E-state index in [2.05, 4.69) is 6.58 Å². The zero-order valence-corrected chi connectivity index (χ0v) is 13.2. The van der Waals surface area contributed by atoms with E-state index in [1.807, 2.05) is 30.3 Å². The number of aldehydes is 1. The summed E-state index contributed by atoms with van der Waals surface area (Å²) in [6.45, 7) is 3.85. The van der Waals surface area contributed by atoms with Crippen LogP contribution in [0.15, 0.2) is 60.7 Å². The molecule has 5 nitrogen and oxygen atoms in total. The Kier molecular flexibility index (Phi) is 3.95. The first kappa shape index (κ1) is 16.0. The van der Waals surface area contributed by atoms with E-state index in [0.29, 0.717) is 23.3 Å². The van der Waals surface area contributed by atoms with Crippen molar-refractivity contribution < 1.29 is 19.4 Å². The molecule has 0 aromatic heterocycles. The van der Waals surface area contributed by atoms with Crippen molar-refractivity contribution in [2.45, 2.75) is 12.1 Å². The van der Waals surface area contributed by atoms with Crippen LogP contribution in [-0.2, 0) is 21.7 Å². The molecule has 0 aliphatic carbocycles. The van der Waals surface area contributed by atoms with Crippen molar-refractivity contribution in [3.05, 3.63) is 71.8 Å². The Bertz CT molecular complexity index is 815. The van der Waals surface area contributed by atoms with Gasteiger partial charge in [0.25, 0.3) is 5.91 Å². The van der Waals surface area contributed by atoms with Crippen molar-refractivity contribution in [3.8, 4) is 5.75 Å². The van der Waals surface area contributed by atoms with Crippen LogP contribution < -0.4 is 9.64 Å². The lowest BCUT2D eigenvalue weighted by Crippen LogP contribution is -2.41. The fraction of sp³-hybridized carbons (Fsp3) is 0.158. The Morgan fingerprint density at radius 3 is 2.62 bits per heavy atom. The van der Waals surface area contributed by atoms with Gasteiger partial charge in [0.05, 0.1) is 19.3 Å². The third kappa shape index (κ3) is 2.30. The van der Waals surface area contributed by atoms with Gasteiger partial charge in [-0.25, -0.2) is 0 Å². The minimum atomic E-state index is -2.07. The highest BCUT2D eigenvalue weighted by atomic mass is 16.5. The number of methoxy groups -OCH3 is 1. The summed E-state index contributed by atoms with van der Waals surface area (Å²) in [5.74, 6) is -0.105. The van der Waals surface area contributed by atoms with Crippen LogP contribution >= 0.6 is 0 Å². The van der Waals surface area contributed by atoms with Crippen molar-refractivity contribution in [1.82, 2.24) is 0 Å². The molecular formula is C19H17NO4. The number of benzene rings is 2. The Hall–Kier alpha value is -2.92. The van der Waals surface area contributed by atoms with Crippen molar-refractivity contribution in [1.29, 1.82) is 0 Å². The SMILES string of the molecule is C=C(C=O)[C@@]1(O)C(=O)N(Cc2ccccc2)c2ccc(OC)cc21. The number of carbonyl (C=O) groups is 2. The van der Waals surface area contributed by atoms with Gasteiger partial charge in [0.15, 0.2) is 5.60 Å². The lowest BCUT2D eigenvalue weighted by atomic mass is 9.88. The molecule has 0 radical (unpaired) electrons. The molecule has 3 rings (SSSR count). The van der Waals surface area contributed by atoms with E-state index in [1.54, 1.807) is 18.2 Å². The predicted molar refractivity (Wildman–Crippen MR) is 89.7 cm³/mol. The van der Waals surface area contributed by atoms with E-state index in [9.17, 15) is 14.7 Å². The van der Waals surface area contributed by atoms with Crippen molar-refractivity contribution in [2.24, 2.45) is 0 Å². The van der Waals surface area contributed by atoms with Gasteiger partial charge in [0, 0.05) is 11.1 Å². The standard InChI is InChI=1S/C19H17NO4/c1-13(12-21)19(23)16-10-15(24-2)8-9-17(16)20(18(19)22)11-14-6-4-3-5-7-14/h3-10,12,23H,1,11H2,2H3/t19-/m0/s1. The van der Waals surface area contributed by atoms with Crippen molar-refractivity contribution in [3.63, 3.8) is 0 Å². The Balaban J connectivity index is 2.12. The van der Waals surface area contributed by atoms with E-state index >= 15 is 0 Å². The predicted octanol–water partition coefficient (Wildman–Crippen LogP) is 2.18. The molecule has 122 valence electrons. The molecule has 1 atom stereocenters. The van der Waals surface area contributed by atoms with Gasteiger partial charge in [-0.1, -0.05) is 36.9 Å². The number of ether oxygens (including phenoxy) is 1. The van der Waals surface area contributed by atoms with Crippen LogP contribution in [0.5, 0.6) is 5.75 Å². The molecule has 1 amide bonds. The molecule has 0 spiro atoms. The molecule has 0 bridgehead atoms. The van der Waals surface area contributed by atoms with Crippen LogP contribution in [0.1, 0.15) is 11.1 Å². The molecule has 0 fully saturated rings. The van der Waals surface area contributed by atoms with Gasteiger partial charge < -0.3 is 14.7 Å². The average Bonchev–Trinajstić information content (AvgIpc) is 2.84. The number of rotatable bonds is 5. The lowest BCUT2D eigenvalue weighted by Gasteiger charge is -2.22. The number of fused-ring (bicyclic) bond motifs is 1. The summed E-state index contributed by atoms with van der Waals surface area (Å²) in [4.78, 5) is 25.6. The second-order valence-electron chi connectivity index (χ2n) is 5.61. The van der Waals surface area contributed by atoms with Crippen LogP contribution in [0, 0.1) is 0 Å². The van der Waals surface area contributed by atoms with Crippen LogP contribution in [0.3, 0.4) is 0 Å². The maximum Gasteiger partial charge on any atom is 0.268 e. The van der Waals surface area contributed by atoms with Crippen LogP contribution in [0.4, 0.5) is 5.69 Å². The summed E-state index contributed by atoms with van der Waals surface area (Å²) in [7, 11) is 1.49. The molecule has 2 aromatic carbocycles. The number of nitrogens with zero attached hydrogens (tertiary/aromatic N) is 1. The molecule has 0 unspecified atom stereocenters. The highest BCUT2D eigenvalue weighted by Crippen LogP contribution is 2.45. The van der Waals surface area contributed by atoms with Crippen LogP contribution in [0.25, 0.3) is 0 Å². The zero-order valence-electron chi connectivity index (χ0n) is 13.2. The molecule has 1 aliphatic heterocycles. The Morgan fingerprint density at radius 2 is 2.00 bits per heavy atom. The number of aliphatic hydroxyl groups is 1. The highest BCUT2D eigenvalue weighted by Gasteiger charge is 2.51. The summed E-state index contributed by atoms with van der Waals surface area (Å²) in [5.41, 5.74) is -0.512. The molecule has 0 saturated heterocycles. The molecule has 5 heteroatoms. The number of anilines is 1. The second kappa shape index (κ2) is 5.94. The van der Waals surface area contributed by atoms with Gasteiger partial charge >= 0.3 is 0 Å². The van der Waals surface area contributed by atoms with Gasteiger partial charge in [0.2, 0.25) is 0 Å². The van der Waals surface area contributed by atoms with Gasteiger partial charge in [-0.3, -0.25) is 9.59 Å². The zero-order chi connectivity index (χ0) is 17.3. The van der Waals surface area contributed by atoms with Gasteiger partial charge in [-0.2, -0.15) is 0 Å². The maximum atomic E-state index is 12.9. The van der Waals surface area contributed by atoms with Gasteiger partial charge in [0.1, 0.15) is 12.0 Å². The van der Waals surface area contributed by atoms with E-state index in [1.165, 1.54) is 12.0 Å². The third-order valence-corrected chi connectivity index (χ3v) is 4.23. The molecule has 1 N–H and O–H groups in total. The normalized spacial score (nSPS) is 19.1. The summed E-state index contributed by atoms with van der Waals surface area (Å²) < 4.78 is 5.18. The van der Waals surface area contributed by atoms with Crippen LogP contribution in [-0.4, -0.2) is 24.4 Å². The first-order valence-electron chi connectivity index (χ1n) is 7.43. The van der Waals surface area contributed by atoms with E-state index < -0.39 is 11.5 Å². The quantitative estimate of drug-likeness (QED) is 0.676. The summed E-state index contributed by atoms with van der Waals surface area (Å²) in [6.07, 6.45) is 0.410. The number of amides is 1. The van der Waals surface area contributed by atoms with Crippen LogP contribution in [0.2, 0.25) is 0 Å². The topological polar surface area (TPSA) is 66.8 Å². The van der Waals surface area contributed by atoms with E-state index in [4.69, 9.17) is 4.74 Å². The number of carbonyl (C=O) groups excluding carboxylic acids is 2. The van der Waals surface area contributed by atoms with E-state index in [0.717, 1.165) is 5.56 Å². The monoisotopic (exact) mass is 323 g/mol.